The Morgan fingerprint density at radius 3 is 2.11 bits per heavy atom. The zero-order valence-electron chi connectivity index (χ0n) is 20.4. The second kappa shape index (κ2) is 10.9. The quantitative estimate of drug-likeness (QED) is 0.249. The lowest BCUT2D eigenvalue weighted by Crippen LogP contribution is -2.30. The van der Waals surface area contributed by atoms with Gasteiger partial charge in [0.15, 0.2) is 0 Å². The van der Waals surface area contributed by atoms with Gasteiger partial charge in [-0.15, -0.1) is 0 Å². The Labute approximate surface area is 219 Å². The number of fused-ring (bicyclic) bond motifs is 3. The van der Waals surface area contributed by atoms with Crippen LogP contribution in [0.25, 0.3) is 22.5 Å². The van der Waals surface area contributed by atoms with Crippen molar-refractivity contribution in [2.24, 2.45) is 0 Å². The van der Waals surface area contributed by atoms with E-state index in [1.807, 2.05) is 36.4 Å². The molecule has 8 nitrogen and oxygen atoms in total. The zero-order valence-corrected chi connectivity index (χ0v) is 20.4. The summed E-state index contributed by atoms with van der Waals surface area (Å²) in [7, 11) is 0. The number of carbonyl (C=O) groups is 2. The van der Waals surface area contributed by atoms with Crippen LogP contribution in [0.1, 0.15) is 45.7 Å². The number of carboxylic acid groups (broad SMARTS) is 1. The molecule has 2 atom stereocenters. The molecular formula is C30H27NO7. The molecule has 0 saturated carbocycles. The Morgan fingerprint density at radius 2 is 1.50 bits per heavy atom. The van der Waals surface area contributed by atoms with E-state index >= 15 is 0 Å². The fourth-order valence-electron chi connectivity index (χ4n) is 4.80. The van der Waals surface area contributed by atoms with E-state index in [4.69, 9.17) is 14.3 Å². The van der Waals surface area contributed by atoms with Crippen molar-refractivity contribution in [1.29, 1.82) is 0 Å². The number of aromatic carboxylic acids is 1. The maximum atomic E-state index is 12.3. The van der Waals surface area contributed by atoms with Crippen molar-refractivity contribution in [1.82, 2.24) is 5.32 Å². The van der Waals surface area contributed by atoms with Gasteiger partial charge >= 0.3 is 12.1 Å². The second-order valence-corrected chi connectivity index (χ2v) is 9.14. The topological polar surface area (TPSA) is 129 Å². The third kappa shape index (κ3) is 5.18. The summed E-state index contributed by atoms with van der Waals surface area (Å²) in [6.07, 6.45) is -2.75. The SMILES string of the molecule is O=C(NCCC(O)C(O)c1ccc(-c2ccc(C(=O)O)o2)cc1)OCC1c2ccccc2-c2ccccc21. The molecule has 194 valence electrons. The first kappa shape index (κ1) is 25.3. The molecule has 1 aliphatic rings. The number of furan rings is 1. The molecule has 4 aromatic rings. The van der Waals surface area contributed by atoms with E-state index in [0.717, 1.165) is 22.3 Å². The second-order valence-electron chi connectivity index (χ2n) is 9.14. The van der Waals surface area contributed by atoms with Crippen molar-refractivity contribution in [3.63, 3.8) is 0 Å². The van der Waals surface area contributed by atoms with Crippen molar-refractivity contribution >= 4 is 12.1 Å². The number of aliphatic hydroxyl groups excluding tert-OH is 2. The monoisotopic (exact) mass is 513 g/mol. The van der Waals surface area contributed by atoms with Gasteiger partial charge in [0.1, 0.15) is 18.5 Å². The molecule has 0 fully saturated rings. The van der Waals surface area contributed by atoms with Gasteiger partial charge in [-0.1, -0.05) is 72.8 Å². The number of rotatable bonds is 9. The first-order valence-electron chi connectivity index (χ1n) is 12.3. The summed E-state index contributed by atoms with van der Waals surface area (Å²) in [4.78, 5) is 23.3. The highest BCUT2D eigenvalue weighted by molar-refractivity contribution is 5.85. The number of hydrogen-bond donors (Lipinski definition) is 4. The summed E-state index contributed by atoms with van der Waals surface area (Å²) >= 11 is 0. The molecule has 38 heavy (non-hydrogen) atoms. The van der Waals surface area contributed by atoms with Gasteiger partial charge in [0, 0.05) is 18.0 Å². The number of nitrogens with one attached hydrogen (secondary N) is 1. The number of benzene rings is 3. The van der Waals surface area contributed by atoms with E-state index in [2.05, 4.69) is 17.4 Å². The number of alkyl carbamates (subject to hydrolysis) is 1. The van der Waals surface area contributed by atoms with E-state index in [1.165, 1.54) is 6.07 Å². The van der Waals surface area contributed by atoms with Crippen molar-refractivity contribution < 1.29 is 34.1 Å². The molecule has 0 radical (unpaired) electrons. The summed E-state index contributed by atoms with van der Waals surface area (Å²) in [5, 5.41) is 32.6. The number of amides is 1. The molecule has 5 rings (SSSR count). The van der Waals surface area contributed by atoms with Crippen molar-refractivity contribution in [2.75, 3.05) is 13.2 Å². The van der Waals surface area contributed by atoms with Crippen LogP contribution in [0.4, 0.5) is 4.79 Å². The van der Waals surface area contributed by atoms with Crippen LogP contribution in [0.5, 0.6) is 0 Å². The molecule has 0 bridgehead atoms. The summed E-state index contributed by atoms with van der Waals surface area (Å²) in [6.45, 7) is 0.318. The molecule has 0 saturated heterocycles. The van der Waals surface area contributed by atoms with Gasteiger partial charge in [-0.2, -0.15) is 0 Å². The highest BCUT2D eigenvalue weighted by Crippen LogP contribution is 2.44. The Balaban J connectivity index is 1.10. The van der Waals surface area contributed by atoms with Gasteiger partial charge in [0.05, 0.1) is 6.10 Å². The molecule has 4 N–H and O–H groups in total. The molecule has 0 spiro atoms. The fraction of sp³-hybridized carbons (Fsp3) is 0.200. The predicted molar refractivity (Wildman–Crippen MR) is 140 cm³/mol. The highest BCUT2D eigenvalue weighted by Gasteiger charge is 2.29. The van der Waals surface area contributed by atoms with Gasteiger partial charge in [-0.05, 0) is 46.4 Å². The number of carboxylic acids is 1. The maximum Gasteiger partial charge on any atom is 0.407 e. The molecule has 2 unspecified atom stereocenters. The molecule has 1 heterocycles. The minimum absolute atomic E-state index is 0.0413. The number of carbonyl (C=O) groups excluding carboxylic acids is 1. The Hall–Kier alpha value is -4.40. The molecule has 1 amide bonds. The summed E-state index contributed by atoms with van der Waals surface area (Å²) < 4.78 is 10.8. The normalized spacial score (nSPS) is 13.8. The molecular weight excluding hydrogens is 486 g/mol. The minimum atomic E-state index is -1.17. The van der Waals surface area contributed by atoms with Crippen LogP contribution in [0.2, 0.25) is 0 Å². The van der Waals surface area contributed by atoms with Crippen LogP contribution in [-0.4, -0.2) is 46.6 Å². The average Bonchev–Trinajstić information content (AvgIpc) is 3.55. The van der Waals surface area contributed by atoms with Gasteiger partial charge in [-0.25, -0.2) is 9.59 Å². The largest absolute Gasteiger partial charge is 0.475 e. The summed E-state index contributed by atoms with van der Waals surface area (Å²) in [5.41, 5.74) is 5.67. The highest BCUT2D eigenvalue weighted by atomic mass is 16.5. The van der Waals surface area contributed by atoms with Crippen molar-refractivity contribution in [2.45, 2.75) is 24.5 Å². The predicted octanol–water partition coefficient (Wildman–Crippen LogP) is 4.97. The molecule has 1 aliphatic carbocycles. The summed E-state index contributed by atoms with van der Waals surface area (Å²) in [5.74, 6) is -0.974. The van der Waals surface area contributed by atoms with Gasteiger partial charge in [-0.3, -0.25) is 0 Å². The first-order chi connectivity index (χ1) is 18.4. The number of hydrogen-bond acceptors (Lipinski definition) is 6. The molecule has 1 aromatic heterocycles. The Kier molecular flexibility index (Phi) is 7.26. The lowest BCUT2D eigenvalue weighted by atomic mass is 9.98. The van der Waals surface area contributed by atoms with Gasteiger partial charge < -0.3 is 29.8 Å². The summed E-state index contributed by atoms with van der Waals surface area (Å²) in [6, 6.07) is 25.7. The van der Waals surface area contributed by atoms with E-state index in [1.54, 1.807) is 30.3 Å². The molecule has 8 heteroatoms. The van der Waals surface area contributed by atoms with E-state index in [9.17, 15) is 19.8 Å². The first-order valence-corrected chi connectivity index (χ1v) is 12.3. The lowest BCUT2D eigenvalue weighted by molar-refractivity contribution is 0.0137. The van der Waals surface area contributed by atoms with Crippen LogP contribution in [0.15, 0.2) is 89.3 Å². The third-order valence-electron chi connectivity index (χ3n) is 6.77. The fourth-order valence-corrected chi connectivity index (χ4v) is 4.80. The Bertz CT molecular complexity index is 1400. The van der Waals surface area contributed by atoms with E-state index in [0.29, 0.717) is 16.9 Å². The van der Waals surface area contributed by atoms with Crippen molar-refractivity contribution in [3.8, 4) is 22.5 Å². The van der Waals surface area contributed by atoms with Crippen LogP contribution >= 0.6 is 0 Å². The van der Waals surface area contributed by atoms with Crippen LogP contribution in [-0.2, 0) is 4.74 Å². The average molecular weight is 514 g/mol. The maximum absolute atomic E-state index is 12.3. The molecule has 0 aliphatic heterocycles. The van der Waals surface area contributed by atoms with Crippen LogP contribution in [0, 0.1) is 0 Å². The standard InChI is InChI=1S/C30H27NO7/c32-25(28(33)19-11-9-18(10-12-19)26-13-14-27(38-26)29(34)35)15-16-31-30(36)37-17-24-22-7-3-1-5-20(22)21-6-2-4-8-23(21)24/h1-14,24-25,28,32-33H,15-17H2,(H,31,36)(H,34,35). The smallest absolute Gasteiger partial charge is 0.407 e. The van der Waals surface area contributed by atoms with E-state index in [-0.39, 0.29) is 31.3 Å². The van der Waals surface area contributed by atoms with Gasteiger partial charge in [0.2, 0.25) is 5.76 Å². The number of aliphatic hydroxyl groups is 2. The lowest BCUT2D eigenvalue weighted by Gasteiger charge is -2.19. The van der Waals surface area contributed by atoms with Gasteiger partial charge in [0.25, 0.3) is 0 Å². The molecule has 3 aromatic carbocycles. The third-order valence-corrected chi connectivity index (χ3v) is 6.77. The Morgan fingerprint density at radius 1 is 0.868 bits per heavy atom. The minimum Gasteiger partial charge on any atom is -0.475 e. The van der Waals surface area contributed by atoms with Crippen LogP contribution in [0.3, 0.4) is 0 Å². The van der Waals surface area contributed by atoms with E-state index < -0.39 is 24.3 Å². The van der Waals surface area contributed by atoms with Crippen molar-refractivity contribution in [3.05, 3.63) is 107 Å². The number of ether oxygens (including phenoxy) is 1. The van der Waals surface area contributed by atoms with Crippen LogP contribution < -0.4 is 5.32 Å². The zero-order chi connectivity index (χ0) is 26.6.